The number of aromatic nitrogens is 1. The minimum atomic E-state index is -0.137. The molecule has 0 aliphatic carbocycles. The first-order valence-electron chi connectivity index (χ1n) is 6.77. The Balaban J connectivity index is 1.97. The molecule has 114 valence electrons. The van der Waals surface area contributed by atoms with Crippen LogP contribution in [-0.2, 0) is 9.59 Å². The van der Waals surface area contributed by atoms with E-state index in [-0.39, 0.29) is 17.6 Å². The van der Waals surface area contributed by atoms with Gasteiger partial charge in [-0.3, -0.25) is 9.59 Å². The Morgan fingerprint density at radius 3 is 2.64 bits per heavy atom. The Hall–Kier alpha value is -2.34. The normalized spacial score (nSPS) is 10.1. The maximum Gasteiger partial charge on any atom is 0.235 e. The molecule has 0 bridgehead atoms. The van der Waals surface area contributed by atoms with Crippen LogP contribution in [0.4, 0.5) is 11.5 Å². The van der Waals surface area contributed by atoms with Crippen LogP contribution in [0.1, 0.15) is 12.5 Å². The summed E-state index contributed by atoms with van der Waals surface area (Å²) in [5, 5.41) is 5.53. The summed E-state index contributed by atoms with van der Waals surface area (Å²) in [5.74, 6) is 0.543. The van der Waals surface area contributed by atoms with Crippen LogP contribution in [0, 0.1) is 6.92 Å². The Morgan fingerprint density at radius 2 is 1.91 bits per heavy atom. The molecular weight excluding hydrogens is 298 g/mol. The monoisotopic (exact) mass is 315 g/mol. The number of nitrogens with zero attached hydrogens (tertiary/aromatic N) is 1. The highest BCUT2D eigenvalue weighted by atomic mass is 32.2. The number of rotatable bonds is 5. The van der Waals surface area contributed by atoms with Gasteiger partial charge in [-0.25, -0.2) is 4.98 Å². The molecule has 0 spiro atoms. The number of anilines is 2. The lowest BCUT2D eigenvalue weighted by atomic mass is 10.3. The fourth-order valence-corrected chi connectivity index (χ4v) is 2.62. The molecule has 1 aromatic heterocycles. The summed E-state index contributed by atoms with van der Waals surface area (Å²) in [7, 11) is 0. The quantitative estimate of drug-likeness (QED) is 0.832. The number of thioether (sulfide) groups is 1. The second-order valence-corrected chi connectivity index (χ2v) is 5.70. The average Bonchev–Trinajstić information content (AvgIpc) is 2.48. The van der Waals surface area contributed by atoms with E-state index < -0.39 is 0 Å². The zero-order chi connectivity index (χ0) is 15.9. The predicted octanol–water partition coefficient (Wildman–Crippen LogP) is 3.08. The average molecular weight is 315 g/mol. The van der Waals surface area contributed by atoms with E-state index in [2.05, 4.69) is 15.6 Å². The van der Waals surface area contributed by atoms with Crippen molar-refractivity contribution < 1.29 is 9.59 Å². The summed E-state index contributed by atoms with van der Waals surface area (Å²) >= 11 is 1.37. The molecule has 0 saturated carbocycles. The number of hydrogen-bond acceptors (Lipinski definition) is 4. The van der Waals surface area contributed by atoms with Gasteiger partial charge in [-0.05, 0) is 30.7 Å². The molecule has 22 heavy (non-hydrogen) atoms. The summed E-state index contributed by atoms with van der Waals surface area (Å²) in [6.07, 6.45) is 1.64. The molecule has 6 heteroatoms. The van der Waals surface area contributed by atoms with Crippen molar-refractivity contribution in [3.05, 3.63) is 48.2 Å². The van der Waals surface area contributed by atoms with E-state index >= 15 is 0 Å². The van der Waals surface area contributed by atoms with Gasteiger partial charge in [-0.15, -0.1) is 11.8 Å². The largest absolute Gasteiger partial charge is 0.325 e. The molecule has 0 atom stereocenters. The molecule has 2 aromatic rings. The van der Waals surface area contributed by atoms with Crippen molar-refractivity contribution >= 4 is 35.1 Å². The second kappa shape index (κ2) is 7.61. The third-order valence-electron chi connectivity index (χ3n) is 2.82. The lowest BCUT2D eigenvalue weighted by Gasteiger charge is -2.10. The maximum atomic E-state index is 12.0. The molecule has 1 aromatic carbocycles. The number of pyridine rings is 1. The number of carbonyl (C=O) groups is 2. The summed E-state index contributed by atoms with van der Waals surface area (Å²) in [5.41, 5.74) is 1.63. The van der Waals surface area contributed by atoms with Gasteiger partial charge in [0.25, 0.3) is 0 Å². The van der Waals surface area contributed by atoms with Gasteiger partial charge in [0, 0.05) is 18.0 Å². The van der Waals surface area contributed by atoms with Gasteiger partial charge in [0.2, 0.25) is 11.8 Å². The van der Waals surface area contributed by atoms with Crippen LogP contribution in [0.3, 0.4) is 0 Å². The third kappa shape index (κ3) is 4.60. The zero-order valence-electron chi connectivity index (χ0n) is 12.4. The topological polar surface area (TPSA) is 71.1 Å². The summed E-state index contributed by atoms with van der Waals surface area (Å²) in [6.45, 7) is 3.35. The summed E-state index contributed by atoms with van der Waals surface area (Å²) in [4.78, 5) is 28.2. The smallest absolute Gasteiger partial charge is 0.235 e. The molecule has 2 rings (SSSR count). The summed E-state index contributed by atoms with van der Waals surface area (Å²) < 4.78 is 0. The van der Waals surface area contributed by atoms with Crippen LogP contribution in [-0.4, -0.2) is 22.6 Å². The van der Waals surface area contributed by atoms with E-state index in [0.717, 1.165) is 10.5 Å². The minimum Gasteiger partial charge on any atom is -0.325 e. The molecule has 2 amide bonds. The molecular formula is C16H17N3O2S. The predicted molar refractivity (Wildman–Crippen MR) is 89.1 cm³/mol. The fourth-order valence-electron chi connectivity index (χ4n) is 1.81. The first-order valence-corrected chi connectivity index (χ1v) is 7.75. The maximum absolute atomic E-state index is 12.0. The fraction of sp³-hybridized carbons (Fsp3) is 0.188. The Morgan fingerprint density at radius 1 is 1.14 bits per heavy atom. The molecule has 0 saturated heterocycles. The van der Waals surface area contributed by atoms with Crippen LogP contribution in [0.5, 0.6) is 0 Å². The van der Waals surface area contributed by atoms with Crippen molar-refractivity contribution in [1.82, 2.24) is 4.98 Å². The van der Waals surface area contributed by atoms with Crippen molar-refractivity contribution in [2.75, 3.05) is 16.4 Å². The SMILES string of the molecule is CC(=O)Nc1ccccc1SCC(=O)Nc1ncccc1C. The minimum absolute atomic E-state index is 0.135. The van der Waals surface area contributed by atoms with Gasteiger partial charge >= 0.3 is 0 Å². The number of nitrogens with one attached hydrogen (secondary N) is 2. The van der Waals surface area contributed by atoms with Gasteiger partial charge in [0.05, 0.1) is 11.4 Å². The lowest BCUT2D eigenvalue weighted by Crippen LogP contribution is -2.16. The highest BCUT2D eigenvalue weighted by Gasteiger charge is 2.09. The molecule has 0 fully saturated rings. The van der Waals surface area contributed by atoms with Crippen molar-refractivity contribution in [1.29, 1.82) is 0 Å². The van der Waals surface area contributed by atoms with Crippen molar-refractivity contribution in [3.63, 3.8) is 0 Å². The van der Waals surface area contributed by atoms with E-state index in [4.69, 9.17) is 0 Å². The van der Waals surface area contributed by atoms with Gasteiger partial charge in [-0.2, -0.15) is 0 Å². The number of benzene rings is 1. The van der Waals surface area contributed by atoms with Crippen LogP contribution in [0.15, 0.2) is 47.5 Å². The standard InChI is InChI=1S/C16H17N3O2S/c1-11-6-5-9-17-16(11)19-15(21)10-22-14-8-4-3-7-13(14)18-12(2)20/h3-9H,10H2,1-2H3,(H,18,20)(H,17,19,21). The lowest BCUT2D eigenvalue weighted by molar-refractivity contribution is -0.114. The van der Waals surface area contributed by atoms with E-state index in [1.54, 1.807) is 6.20 Å². The molecule has 5 nitrogen and oxygen atoms in total. The van der Waals surface area contributed by atoms with Gasteiger partial charge in [0.15, 0.2) is 0 Å². The number of carbonyl (C=O) groups excluding carboxylic acids is 2. The molecule has 0 unspecified atom stereocenters. The first-order chi connectivity index (χ1) is 10.6. The zero-order valence-corrected chi connectivity index (χ0v) is 13.2. The van der Waals surface area contributed by atoms with Crippen LogP contribution in [0.25, 0.3) is 0 Å². The van der Waals surface area contributed by atoms with Crippen LogP contribution >= 0.6 is 11.8 Å². The van der Waals surface area contributed by atoms with Gasteiger partial charge < -0.3 is 10.6 Å². The molecule has 0 aliphatic rings. The number of para-hydroxylation sites is 1. The third-order valence-corrected chi connectivity index (χ3v) is 3.90. The Kier molecular flexibility index (Phi) is 5.55. The van der Waals surface area contributed by atoms with Crippen LogP contribution in [0.2, 0.25) is 0 Å². The number of amides is 2. The Bertz CT molecular complexity index is 689. The molecule has 2 N–H and O–H groups in total. The Labute approximate surface area is 133 Å². The van der Waals surface area contributed by atoms with E-state index in [9.17, 15) is 9.59 Å². The van der Waals surface area contributed by atoms with Crippen molar-refractivity contribution in [3.8, 4) is 0 Å². The van der Waals surface area contributed by atoms with Gasteiger partial charge in [0.1, 0.15) is 5.82 Å². The molecule has 1 heterocycles. The second-order valence-electron chi connectivity index (χ2n) is 4.68. The number of hydrogen-bond donors (Lipinski definition) is 2. The first kappa shape index (κ1) is 16.0. The van der Waals surface area contributed by atoms with E-state index in [1.165, 1.54) is 18.7 Å². The molecule has 0 radical (unpaired) electrons. The van der Waals surface area contributed by atoms with Crippen molar-refractivity contribution in [2.45, 2.75) is 18.7 Å². The van der Waals surface area contributed by atoms with Crippen molar-refractivity contribution in [2.24, 2.45) is 0 Å². The highest BCUT2D eigenvalue weighted by molar-refractivity contribution is 8.00. The number of aryl methyl sites for hydroxylation is 1. The van der Waals surface area contributed by atoms with Crippen LogP contribution < -0.4 is 10.6 Å². The molecule has 0 aliphatic heterocycles. The van der Waals surface area contributed by atoms with E-state index in [0.29, 0.717) is 11.5 Å². The highest BCUT2D eigenvalue weighted by Crippen LogP contribution is 2.27. The summed E-state index contributed by atoms with van der Waals surface area (Å²) in [6, 6.07) is 11.1. The van der Waals surface area contributed by atoms with Gasteiger partial charge in [-0.1, -0.05) is 18.2 Å². The van der Waals surface area contributed by atoms with E-state index in [1.807, 2.05) is 43.3 Å².